The maximum absolute atomic E-state index is 12.4. The van der Waals surface area contributed by atoms with Gasteiger partial charge in [-0.2, -0.15) is 0 Å². The third-order valence-electron chi connectivity index (χ3n) is 8.73. The zero-order valence-electron chi connectivity index (χ0n) is 31.5. The molecule has 0 unspecified atom stereocenters. The zero-order chi connectivity index (χ0) is 38.7. The Morgan fingerprint density at radius 3 is 1.35 bits per heavy atom. The summed E-state index contributed by atoms with van der Waals surface area (Å²) in [5.41, 5.74) is 37.0. The van der Waals surface area contributed by atoms with Gasteiger partial charge in [0.15, 0.2) is 0 Å². The lowest BCUT2D eigenvalue weighted by Gasteiger charge is -2.24. The number of benzene rings is 3. The summed E-state index contributed by atoms with van der Waals surface area (Å²) in [6.07, 6.45) is 7.93. The SMILES string of the molecule is CCCCN(CCCC)c1ccc2c(c1)=C=C=C=C=c1cc([N+](=O)[O-])ccc1=C=C=C=C=c1cc(N(CCCC)CCCC)c([N+](=O)[O-])cc1=C=C=C=C=2. The van der Waals surface area contributed by atoms with E-state index in [9.17, 15) is 20.2 Å². The topological polar surface area (TPSA) is 92.8 Å². The molecule has 0 heterocycles. The van der Waals surface area contributed by atoms with E-state index in [1.165, 1.54) is 18.2 Å². The van der Waals surface area contributed by atoms with E-state index in [1.54, 1.807) is 12.1 Å². The summed E-state index contributed by atoms with van der Waals surface area (Å²) in [6, 6.07) is 13.5. The summed E-state index contributed by atoms with van der Waals surface area (Å²) >= 11 is 0. The number of non-ortho nitro benzene ring substituents is 1. The Labute approximate surface area is 315 Å². The standard InChI is InChI=1S/C46H44N4O4/c1-5-9-29-47(30-10-6-2)43-27-25-37-19-14-16-24-42-36-46(50(53)54)45(48(31-11-7-3)32-12-8-4)35-41(42)23-15-13-20-38-26-28-44(49(51)52)34-40(38)22-18-17-21-39(37)33-43/h25-28,33-36H,5-12,29-32H2,1-4H3. The molecule has 0 atom stereocenters. The number of nitrogens with zero attached hydrogens (tertiary/aromatic N) is 4. The lowest BCUT2D eigenvalue weighted by molar-refractivity contribution is -0.385. The van der Waals surface area contributed by atoms with Crippen molar-refractivity contribution in [2.24, 2.45) is 0 Å². The van der Waals surface area contributed by atoms with E-state index in [-0.39, 0.29) is 16.3 Å². The van der Waals surface area contributed by atoms with E-state index < -0.39 is 4.92 Å². The van der Waals surface area contributed by atoms with Crippen molar-refractivity contribution in [1.29, 1.82) is 0 Å². The van der Waals surface area contributed by atoms with Crippen molar-refractivity contribution in [1.82, 2.24) is 0 Å². The fourth-order valence-corrected chi connectivity index (χ4v) is 5.69. The Hall–Kier alpha value is -6.58. The first-order valence-electron chi connectivity index (χ1n) is 18.6. The Kier molecular flexibility index (Phi) is 15.7. The molecule has 0 amide bonds. The Morgan fingerprint density at radius 2 is 0.889 bits per heavy atom. The van der Waals surface area contributed by atoms with Crippen LogP contribution in [0.1, 0.15) is 79.1 Å². The van der Waals surface area contributed by atoms with Crippen molar-refractivity contribution in [3.63, 3.8) is 0 Å². The molecule has 0 saturated heterocycles. The number of anilines is 2. The highest BCUT2D eigenvalue weighted by molar-refractivity contribution is 5.64. The monoisotopic (exact) mass is 716 g/mol. The second-order valence-electron chi connectivity index (χ2n) is 12.7. The summed E-state index contributed by atoms with van der Waals surface area (Å²) in [7, 11) is 0. The van der Waals surface area contributed by atoms with Crippen LogP contribution in [0.4, 0.5) is 22.7 Å². The Morgan fingerprint density at radius 1 is 0.481 bits per heavy atom. The Balaban J connectivity index is 2.28. The molecule has 3 aromatic rings. The van der Waals surface area contributed by atoms with Crippen LogP contribution in [0.5, 0.6) is 0 Å². The van der Waals surface area contributed by atoms with Gasteiger partial charge in [0.25, 0.3) is 11.4 Å². The number of fused-ring (bicyclic) bond motifs is 3. The van der Waals surface area contributed by atoms with Crippen LogP contribution < -0.4 is 41.1 Å². The predicted molar refractivity (Wildman–Crippen MR) is 216 cm³/mol. The van der Waals surface area contributed by atoms with Crippen molar-refractivity contribution in [3.8, 4) is 0 Å². The van der Waals surface area contributed by atoms with E-state index in [0.29, 0.717) is 50.1 Å². The van der Waals surface area contributed by atoms with E-state index in [1.807, 2.05) is 18.2 Å². The van der Waals surface area contributed by atoms with Crippen LogP contribution >= 0.6 is 0 Å². The molecule has 0 radical (unpaired) electrons. The summed E-state index contributed by atoms with van der Waals surface area (Å²) < 4.78 is 0. The van der Waals surface area contributed by atoms with Crippen molar-refractivity contribution in [2.45, 2.75) is 79.1 Å². The molecule has 0 aliphatic heterocycles. The molecule has 54 heavy (non-hydrogen) atoms. The van der Waals surface area contributed by atoms with Crippen LogP contribution in [-0.4, -0.2) is 36.0 Å². The van der Waals surface area contributed by atoms with Crippen molar-refractivity contribution in [3.05, 3.63) is 134 Å². The molecule has 272 valence electrons. The molecule has 1 aliphatic rings. The van der Waals surface area contributed by atoms with Crippen LogP contribution in [0.25, 0.3) is 34.4 Å². The highest BCUT2D eigenvalue weighted by Crippen LogP contribution is 2.26. The first-order chi connectivity index (χ1) is 26.3. The minimum absolute atomic E-state index is 0.0452. The summed E-state index contributed by atoms with van der Waals surface area (Å²) in [6.45, 7) is 11.7. The second-order valence-corrected chi connectivity index (χ2v) is 12.7. The van der Waals surface area contributed by atoms with Crippen molar-refractivity contribution >= 4 is 57.1 Å². The number of unbranched alkanes of at least 4 members (excludes halogenated alkanes) is 4. The van der Waals surface area contributed by atoms with Gasteiger partial charge < -0.3 is 9.80 Å². The summed E-state index contributed by atoms with van der Waals surface area (Å²) in [4.78, 5) is 27.6. The van der Waals surface area contributed by atoms with Crippen molar-refractivity contribution in [2.75, 3.05) is 36.0 Å². The number of hydrogen-bond donors (Lipinski definition) is 0. The number of hydrogen-bond acceptors (Lipinski definition) is 6. The minimum Gasteiger partial charge on any atom is -0.372 e. The van der Waals surface area contributed by atoms with Crippen LogP contribution in [0.15, 0.2) is 82.9 Å². The molecule has 8 nitrogen and oxygen atoms in total. The van der Waals surface area contributed by atoms with Gasteiger partial charge in [-0.1, -0.05) is 87.8 Å². The fourth-order valence-electron chi connectivity index (χ4n) is 5.69. The third kappa shape index (κ3) is 11.5. The molecule has 0 fully saturated rings. The van der Waals surface area contributed by atoms with Gasteiger partial charge in [-0.15, -0.1) is 0 Å². The maximum atomic E-state index is 12.4. The largest absolute Gasteiger partial charge is 0.372 e. The molecular weight excluding hydrogens is 673 g/mol. The lowest BCUT2D eigenvalue weighted by atomic mass is 10.1. The van der Waals surface area contributed by atoms with E-state index in [0.717, 1.165) is 70.1 Å². The van der Waals surface area contributed by atoms with Gasteiger partial charge in [0.2, 0.25) is 0 Å². The van der Waals surface area contributed by atoms with Gasteiger partial charge >= 0.3 is 0 Å². The van der Waals surface area contributed by atoms with Gasteiger partial charge in [0, 0.05) is 81.4 Å². The molecule has 8 heteroatoms. The molecule has 4 rings (SSSR count). The Bertz CT molecular complexity index is 2660. The fraction of sp³-hybridized carbons (Fsp3) is 0.348. The van der Waals surface area contributed by atoms with Gasteiger partial charge in [-0.3, -0.25) is 20.2 Å². The molecule has 3 aromatic carbocycles. The molecule has 0 spiro atoms. The first kappa shape index (κ1) is 40.2. The average Bonchev–Trinajstić information content (AvgIpc) is 3.17. The van der Waals surface area contributed by atoms with Gasteiger partial charge in [-0.05, 0) is 90.4 Å². The number of rotatable bonds is 16. The smallest absolute Gasteiger partial charge is 0.293 e. The lowest BCUT2D eigenvalue weighted by Crippen LogP contribution is -2.31. The van der Waals surface area contributed by atoms with Crippen LogP contribution in [-0.2, 0) is 0 Å². The molecule has 0 N–H and O–H groups in total. The van der Waals surface area contributed by atoms with Crippen LogP contribution in [0.3, 0.4) is 0 Å². The molecular formula is C46H44N4O4. The predicted octanol–water partition coefficient (Wildman–Crippen LogP) is 5.61. The van der Waals surface area contributed by atoms with Crippen molar-refractivity contribution < 1.29 is 9.85 Å². The quantitative estimate of drug-likeness (QED) is 0.0852. The van der Waals surface area contributed by atoms with E-state index in [4.69, 9.17) is 0 Å². The minimum atomic E-state index is -0.481. The van der Waals surface area contributed by atoms with Gasteiger partial charge in [0.05, 0.1) is 9.85 Å². The molecule has 0 aromatic heterocycles. The second kappa shape index (κ2) is 21.1. The first-order valence-corrected chi connectivity index (χ1v) is 18.6. The third-order valence-corrected chi connectivity index (χ3v) is 8.73. The van der Waals surface area contributed by atoms with Crippen LogP contribution in [0, 0.1) is 20.2 Å². The van der Waals surface area contributed by atoms with Gasteiger partial charge in [-0.25, -0.2) is 0 Å². The van der Waals surface area contributed by atoms with Gasteiger partial charge in [0.1, 0.15) is 5.69 Å². The highest BCUT2D eigenvalue weighted by Gasteiger charge is 2.20. The number of nitro groups is 2. The summed E-state index contributed by atoms with van der Waals surface area (Å²) in [5.74, 6) is 0. The zero-order valence-corrected chi connectivity index (χ0v) is 31.5. The normalized spacial score (nSPS) is 10.7. The summed E-state index contributed by atoms with van der Waals surface area (Å²) in [5, 5.41) is 27.0. The van der Waals surface area contributed by atoms with E-state index in [2.05, 4.69) is 106 Å². The average molecular weight is 717 g/mol. The molecule has 0 saturated carbocycles. The highest BCUT2D eigenvalue weighted by atomic mass is 16.6. The maximum Gasteiger partial charge on any atom is 0.293 e. The molecule has 0 bridgehead atoms. The molecule has 1 aliphatic carbocycles. The van der Waals surface area contributed by atoms with Crippen LogP contribution in [0.2, 0.25) is 0 Å². The number of nitro benzene ring substituents is 2. The van der Waals surface area contributed by atoms with E-state index >= 15 is 0 Å².